The fraction of sp³-hybridized carbons (Fsp3) is 0.417. The molecule has 6 heteroatoms. The molecule has 156 valence electrons. The van der Waals surface area contributed by atoms with Crippen LogP contribution in [0.4, 0.5) is 0 Å². The summed E-state index contributed by atoms with van der Waals surface area (Å²) in [4.78, 5) is 20.3. The van der Waals surface area contributed by atoms with E-state index in [1.807, 2.05) is 42.5 Å². The number of amides is 1. The molecule has 3 aromatic rings. The molecule has 0 unspecified atom stereocenters. The van der Waals surface area contributed by atoms with Crippen LogP contribution in [0.5, 0.6) is 0 Å². The van der Waals surface area contributed by atoms with Crippen molar-refractivity contribution in [1.29, 1.82) is 0 Å². The van der Waals surface area contributed by atoms with Gasteiger partial charge in [-0.2, -0.15) is 0 Å². The Hall–Kier alpha value is -2.28. The number of thiazole rings is 1. The number of nitrogens with zero attached hydrogens (tertiary/aromatic N) is 2. The zero-order valence-corrected chi connectivity index (χ0v) is 18.0. The highest BCUT2D eigenvalue weighted by Crippen LogP contribution is 2.35. The first-order valence-electron chi connectivity index (χ1n) is 10.8. The second kappa shape index (κ2) is 8.10. The van der Waals surface area contributed by atoms with Gasteiger partial charge in [-0.05, 0) is 61.8 Å². The first-order valence-corrected chi connectivity index (χ1v) is 11.6. The number of rotatable bonds is 4. The lowest BCUT2D eigenvalue weighted by Crippen LogP contribution is -2.33. The Labute approximate surface area is 180 Å². The number of aliphatic hydroxyl groups is 1. The predicted octanol–water partition coefficient (Wildman–Crippen LogP) is 3.88. The van der Waals surface area contributed by atoms with E-state index in [1.165, 1.54) is 5.01 Å². The molecule has 0 spiro atoms. The molecule has 1 aromatic heterocycles. The van der Waals surface area contributed by atoms with Crippen LogP contribution in [-0.4, -0.2) is 46.6 Å². The minimum atomic E-state index is -0.584. The molecule has 1 saturated heterocycles. The first kappa shape index (κ1) is 19.7. The molecule has 1 fully saturated rings. The first-order chi connectivity index (χ1) is 14.6. The number of hydrogen-bond donors (Lipinski definition) is 2. The van der Waals surface area contributed by atoms with Crippen LogP contribution in [0.15, 0.2) is 42.5 Å². The molecule has 30 heavy (non-hydrogen) atoms. The number of carbonyl (C=O) groups excluding carboxylic acids is 1. The van der Waals surface area contributed by atoms with Gasteiger partial charge in [0.1, 0.15) is 0 Å². The number of aromatic nitrogens is 1. The lowest BCUT2D eigenvalue weighted by atomic mass is 9.98. The molecule has 1 amide bonds. The maximum Gasteiger partial charge on any atom is 0.251 e. The van der Waals surface area contributed by atoms with Gasteiger partial charge in [0.25, 0.3) is 5.91 Å². The van der Waals surface area contributed by atoms with Crippen LogP contribution in [0.25, 0.3) is 10.2 Å². The Bertz CT molecular complexity index is 1070. The van der Waals surface area contributed by atoms with E-state index in [0.717, 1.165) is 53.8 Å². The van der Waals surface area contributed by atoms with Gasteiger partial charge in [0.15, 0.2) is 0 Å². The van der Waals surface area contributed by atoms with Crippen LogP contribution in [0.1, 0.15) is 58.2 Å². The van der Waals surface area contributed by atoms with E-state index in [9.17, 15) is 9.90 Å². The van der Waals surface area contributed by atoms with Gasteiger partial charge in [-0.3, -0.25) is 4.79 Å². The van der Waals surface area contributed by atoms with Gasteiger partial charge >= 0.3 is 0 Å². The van der Waals surface area contributed by atoms with Crippen molar-refractivity contribution in [1.82, 2.24) is 15.2 Å². The van der Waals surface area contributed by atoms with E-state index in [0.29, 0.717) is 17.9 Å². The zero-order chi connectivity index (χ0) is 20.7. The summed E-state index contributed by atoms with van der Waals surface area (Å²) < 4.78 is 1.06. The van der Waals surface area contributed by atoms with E-state index in [4.69, 9.17) is 4.98 Å². The van der Waals surface area contributed by atoms with Gasteiger partial charge in [-0.25, -0.2) is 4.98 Å². The lowest BCUT2D eigenvalue weighted by Gasteiger charge is -2.29. The third-order valence-electron chi connectivity index (χ3n) is 6.54. The summed E-state index contributed by atoms with van der Waals surface area (Å²) >= 11 is 1.72. The second-order valence-electron chi connectivity index (χ2n) is 8.36. The van der Waals surface area contributed by atoms with Crippen LogP contribution >= 0.6 is 11.3 Å². The van der Waals surface area contributed by atoms with Crippen molar-refractivity contribution in [3.05, 3.63) is 64.2 Å². The smallest absolute Gasteiger partial charge is 0.251 e. The molecule has 2 N–H and O–H groups in total. The average molecular weight is 422 g/mol. The quantitative estimate of drug-likeness (QED) is 0.671. The van der Waals surface area contributed by atoms with Crippen LogP contribution in [0, 0.1) is 0 Å². The zero-order valence-electron chi connectivity index (χ0n) is 17.2. The second-order valence-corrected chi connectivity index (χ2v) is 9.43. The van der Waals surface area contributed by atoms with E-state index >= 15 is 0 Å². The summed E-state index contributed by atoms with van der Waals surface area (Å²) in [6.07, 6.45) is 2.30. The van der Waals surface area contributed by atoms with Crippen LogP contribution in [0.3, 0.4) is 0 Å². The standard InChI is InChI=1S/C24H27N3O2S/c1-2-27-11-9-15(10-12-27)24-25-19-8-7-17(14-21(19)30-24)23(29)26-22-18-6-4-3-5-16(18)13-20(22)28/h3-8,14-15,20,22,28H,2,9-13H2,1H3,(H,26,29)/t20-,22-/m1/s1. The molecule has 0 bridgehead atoms. The molecule has 0 radical (unpaired) electrons. The molecule has 5 rings (SSSR count). The highest BCUT2D eigenvalue weighted by molar-refractivity contribution is 7.18. The maximum atomic E-state index is 12.9. The number of fused-ring (bicyclic) bond motifs is 2. The number of aliphatic hydroxyl groups excluding tert-OH is 1. The molecule has 2 aromatic carbocycles. The van der Waals surface area contributed by atoms with E-state index in [2.05, 4.69) is 17.1 Å². The molecule has 0 saturated carbocycles. The molecule has 1 aliphatic heterocycles. The minimum Gasteiger partial charge on any atom is -0.390 e. The topological polar surface area (TPSA) is 65.5 Å². The Kier molecular flexibility index (Phi) is 5.31. The number of likely N-dealkylation sites (tertiary alicyclic amines) is 1. The fourth-order valence-electron chi connectivity index (χ4n) is 4.73. The minimum absolute atomic E-state index is 0.149. The van der Waals surface area contributed by atoms with Crippen molar-refractivity contribution in [2.45, 2.75) is 44.2 Å². The van der Waals surface area contributed by atoms with Crippen LogP contribution in [0.2, 0.25) is 0 Å². The van der Waals surface area contributed by atoms with Crippen LogP contribution < -0.4 is 5.32 Å². The fourth-order valence-corrected chi connectivity index (χ4v) is 5.90. The van der Waals surface area contributed by atoms with Crippen molar-refractivity contribution in [3.63, 3.8) is 0 Å². The van der Waals surface area contributed by atoms with Gasteiger partial charge in [-0.15, -0.1) is 11.3 Å². The Morgan fingerprint density at radius 1 is 1.23 bits per heavy atom. The molecule has 2 aliphatic rings. The number of nitrogens with one attached hydrogen (secondary N) is 1. The summed E-state index contributed by atoms with van der Waals surface area (Å²) in [7, 11) is 0. The summed E-state index contributed by atoms with van der Waals surface area (Å²) in [6, 6.07) is 13.3. The van der Waals surface area contributed by atoms with Gasteiger partial charge in [0.2, 0.25) is 0 Å². The summed E-state index contributed by atoms with van der Waals surface area (Å²) in [5.41, 5.74) is 3.70. The average Bonchev–Trinajstić information content (AvgIpc) is 3.34. The number of benzene rings is 2. The Morgan fingerprint density at radius 3 is 2.83 bits per heavy atom. The van der Waals surface area contributed by atoms with Gasteiger partial charge in [-0.1, -0.05) is 31.2 Å². The highest BCUT2D eigenvalue weighted by Gasteiger charge is 2.32. The molecular formula is C24H27N3O2S. The van der Waals surface area contributed by atoms with E-state index < -0.39 is 6.10 Å². The number of piperidine rings is 1. The van der Waals surface area contributed by atoms with E-state index in [-0.39, 0.29) is 11.9 Å². The van der Waals surface area contributed by atoms with Crippen LogP contribution in [-0.2, 0) is 6.42 Å². The Morgan fingerprint density at radius 2 is 2.03 bits per heavy atom. The number of carbonyl (C=O) groups is 1. The normalized spacial score (nSPS) is 22.3. The Balaban J connectivity index is 1.33. The summed E-state index contributed by atoms with van der Waals surface area (Å²) in [5, 5.41) is 14.7. The van der Waals surface area contributed by atoms with Crippen molar-refractivity contribution in [2.24, 2.45) is 0 Å². The number of hydrogen-bond acceptors (Lipinski definition) is 5. The third kappa shape index (κ3) is 3.64. The SMILES string of the molecule is CCN1CCC(c2nc3ccc(C(=O)N[C@@H]4c5ccccc5C[C@H]4O)cc3s2)CC1. The molecule has 2 heterocycles. The lowest BCUT2D eigenvalue weighted by molar-refractivity contribution is 0.0858. The summed E-state index contributed by atoms with van der Waals surface area (Å²) in [5.74, 6) is 0.372. The molecule has 5 nitrogen and oxygen atoms in total. The van der Waals surface area contributed by atoms with Crippen molar-refractivity contribution in [3.8, 4) is 0 Å². The maximum absolute atomic E-state index is 12.9. The summed E-state index contributed by atoms with van der Waals surface area (Å²) in [6.45, 7) is 5.60. The van der Waals surface area contributed by atoms with Gasteiger partial charge in [0.05, 0.1) is 27.4 Å². The van der Waals surface area contributed by atoms with Gasteiger partial charge < -0.3 is 15.3 Å². The van der Waals surface area contributed by atoms with Crippen molar-refractivity contribution >= 4 is 27.5 Å². The largest absolute Gasteiger partial charge is 0.390 e. The third-order valence-corrected chi connectivity index (χ3v) is 7.72. The van der Waals surface area contributed by atoms with Gasteiger partial charge in [0, 0.05) is 17.9 Å². The molecule has 1 aliphatic carbocycles. The van der Waals surface area contributed by atoms with E-state index in [1.54, 1.807) is 11.3 Å². The molecular weight excluding hydrogens is 394 g/mol. The van der Waals surface area contributed by atoms with Crippen molar-refractivity contribution < 1.29 is 9.90 Å². The highest BCUT2D eigenvalue weighted by atomic mass is 32.1. The molecule has 2 atom stereocenters. The monoisotopic (exact) mass is 421 g/mol. The van der Waals surface area contributed by atoms with Crippen molar-refractivity contribution in [2.75, 3.05) is 19.6 Å². The predicted molar refractivity (Wildman–Crippen MR) is 120 cm³/mol.